The van der Waals surface area contributed by atoms with Crippen LogP contribution in [0.25, 0.3) is 0 Å². The zero-order valence-electron chi connectivity index (χ0n) is 10.3. The molecule has 0 aliphatic heterocycles. The highest BCUT2D eigenvalue weighted by molar-refractivity contribution is 9.10. The molecule has 1 aromatic rings. The van der Waals surface area contributed by atoms with Crippen LogP contribution in [0.2, 0.25) is 0 Å². The van der Waals surface area contributed by atoms with Crippen molar-refractivity contribution in [2.75, 3.05) is 6.54 Å². The van der Waals surface area contributed by atoms with E-state index >= 15 is 0 Å². The lowest BCUT2D eigenvalue weighted by Crippen LogP contribution is -2.25. The number of carbonyl (C=O) groups is 2. The van der Waals surface area contributed by atoms with Gasteiger partial charge in [0.05, 0.1) is 0 Å². The minimum Gasteiger partial charge on any atom is -0.481 e. The Morgan fingerprint density at radius 2 is 2.05 bits per heavy atom. The first-order valence-corrected chi connectivity index (χ1v) is 6.71. The van der Waals surface area contributed by atoms with E-state index < -0.39 is 5.97 Å². The number of aliphatic carboxylic acids is 1. The molecule has 4 nitrogen and oxygen atoms in total. The summed E-state index contributed by atoms with van der Waals surface area (Å²) >= 11 is 3.26. The van der Waals surface area contributed by atoms with Gasteiger partial charge in [-0.15, -0.1) is 0 Å². The second kappa shape index (κ2) is 7.89. The van der Waals surface area contributed by atoms with Crippen LogP contribution in [0.15, 0.2) is 22.7 Å². The first-order chi connectivity index (χ1) is 8.99. The summed E-state index contributed by atoms with van der Waals surface area (Å²) in [5.74, 6) is -1.43. The molecule has 2 N–H and O–H groups in total. The average molecular weight is 332 g/mol. The molecule has 1 aromatic carbocycles. The van der Waals surface area contributed by atoms with Gasteiger partial charge < -0.3 is 10.4 Å². The van der Waals surface area contributed by atoms with E-state index in [0.29, 0.717) is 24.9 Å². The van der Waals surface area contributed by atoms with Crippen LogP contribution < -0.4 is 5.32 Å². The van der Waals surface area contributed by atoms with Crippen molar-refractivity contribution in [1.29, 1.82) is 0 Å². The molecular formula is C13H15BrFNO3. The molecule has 0 atom stereocenters. The Balaban J connectivity index is 2.28. The van der Waals surface area contributed by atoms with E-state index in [2.05, 4.69) is 21.2 Å². The number of halogens is 2. The van der Waals surface area contributed by atoms with Crippen molar-refractivity contribution in [3.05, 3.63) is 34.1 Å². The third-order valence-electron chi connectivity index (χ3n) is 2.52. The fraction of sp³-hybridized carbons (Fsp3) is 0.385. The molecular weight excluding hydrogens is 317 g/mol. The zero-order chi connectivity index (χ0) is 14.3. The van der Waals surface area contributed by atoms with E-state index in [0.717, 1.165) is 4.47 Å². The molecule has 0 saturated heterocycles. The highest BCUT2D eigenvalue weighted by Crippen LogP contribution is 2.15. The van der Waals surface area contributed by atoms with Crippen molar-refractivity contribution < 1.29 is 19.1 Å². The number of hydrogen-bond donors (Lipinski definition) is 2. The lowest BCUT2D eigenvalue weighted by atomic mass is 10.1. The van der Waals surface area contributed by atoms with Gasteiger partial charge in [0.2, 0.25) is 5.91 Å². The number of benzene rings is 1. The molecule has 0 aromatic heterocycles. The number of carbonyl (C=O) groups excluding carboxylic acids is 1. The van der Waals surface area contributed by atoms with Gasteiger partial charge in [0.15, 0.2) is 0 Å². The van der Waals surface area contributed by atoms with Crippen LogP contribution in [-0.2, 0) is 16.0 Å². The Morgan fingerprint density at radius 1 is 1.32 bits per heavy atom. The summed E-state index contributed by atoms with van der Waals surface area (Å²) in [5.41, 5.74) is 0.528. The number of carboxylic acids is 1. The highest BCUT2D eigenvalue weighted by atomic mass is 79.9. The van der Waals surface area contributed by atoms with Crippen molar-refractivity contribution in [2.24, 2.45) is 0 Å². The molecule has 104 valence electrons. The third kappa shape index (κ3) is 6.33. The summed E-state index contributed by atoms with van der Waals surface area (Å²) in [6.45, 7) is 0.333. The van der Waals surface area contributed by atoms with Gasteiger partial charge in [0.25, 0.3) is 0 Å². The number of carboxylic acid groups (broad SMARTS) is 1. The number of amides is 1. The van der Waals surface area contributed by atoms with E-state index in [1.54, 1.807) is 12.1 Å². The van der Waals surface area contributed by atoms with Crippen LogP contribution in [0.4, 0.5) is 4.39 Å². The summed E-state index contributed by atoms with van der Waals surface area (Å²) in [6, 6.07) is 4.66. The maximum atomic E-state index is 13.4. The van der Waals surface area contributed by atoms with E-state index in [-0.39, 0.29) is 24.6 Å². The molecule has 0 heterocycles. The lowest BCUT2D eigenvalue weighted by Gasteiger charge is -2.06. The topological polar surface area (TPSA) is 66.4 Å². The number of nitrogens with one attached hydrogen (secondary N) is 1. The Kier molecular flexibility index (Phi) is 6.49. The van der Waals surface area contributed by atoms with Crippen molar-refractivity contribution in [2.45, 2.75) is 25.7 Å². The molecule has 1 amide bonds. The van der Waals surface area contributed by atoms with E-state index in [9.17, 15) is 14.0 Å². The van der Waals surface area contributed by atoms with Crippen LogP contribution in [0.1, 0.15) is 24.8 Å². The van der Waals surface area contributed by atoms with Crippen LogP contribution in [-0.4, -0.2) is 23.5 Å². The summed E-state index contributed by atoms with van der Waals surface area (Å²) in [6.07, 6.45) is 0.864. The molecule has 0 fully saturated rings. The number of rotatable bonds is 7. The minimum absolute atomic E-state index is 0.0202. The van der Waals surface area contributed by atoms with Crippen molar-refractivity contribution >= 4 is 27.8 Å². The van der Waals surface area contributed by atoms with Gasteiger partial charge >= 0.3 is 5.97 Å². The van der Waals surface area contributed by atoms with Gasteiger partial charge in [-0.1, -0.05) is 15.9 Å². The van der Waals surface area contributed by atoms with Crippen LogP contribution in [0.5, 0.6) is 0 Å². The largest absolute Gasteiger partial charge is 0.481 e. The van der Waals surface area contributed by atoms with Gasteiger partial charge in [-0.2, -0.15) is 0 Å². The predicted octanol–water partition coefficient (Wildman–Crippen LogP) is 2.50. The van der Waals surface area contributed by atoms with Crippen molar-refractivity contribution in [1.82, 2.24) is 5.32 Å². The first kappa shape index (κ1) is 15.6. The molecule has 0 unspecified atom stereocenters. The Bertz CT molecular complexity index is 465. The Hall–Kier alpha value is -1.43. The van der Waals surface area contributed by atoms with Gasteiger partial charge in [0.1, 0.15) is 5.82 Å². The SMILES string of the molecule is O=C(O)CCCC(=O)NCCc1cc(Br)ccc1F. The molecule has 0 aliphatic carbocycles. The maximum Gasteiger partial charge on any atom is 0.303 e. The molecule has 1 rings (SSSR count). The first-order valence-electron chi connectivity index (χ1n) is 5.91. The average Bonchev–Trinajstić information content (AvgIpc) is 2.33. The summed E-state index contributed by atoms with van der Waals surface area (Å²) < 4.78 is 14.2. The molecule has 0 spiro atoms. The third-order valence-corrected chi connectivity index (χ3v) is 3.01. The van der Waals surface area contributed by atoms with E-state index in [1.165, 1.54) is 6.07 Å². The Morgan fingerprint density at radius 3 is 2.74 bits per heavy atom. The van der Waals surface area contributed by atoms with Crippen LogP contribution >= 0.6 is 15.9 Å². The van der Waals surface area contributed by atoms with E-state index in [4.69, 9.17) is 5.11 Å². The normalized spacial score (nSPS) is 10.2. The molecule has 6 heteroatoms. The fourth-order valence-electron chi connectivity index (χ4n) is 1.56. The Labute approximate surface area is 119 Å². The van der Waals surface area contributed by atoms with Gasteiger partial charge in [-0.05, 0) is 36.6 Å². The summed E-state index contributed by atoms with van der Waals surface area (Å²) in [7, 11) is 0. The molecule has 0 saturated carbocycles. The molecule has 0 aliphatic rings. The van der Waals surface area contributed by atoms with Crippen LogP contribution in [0, 0.1) is 5.82 Å². The molecule has 0 radical (unpaired) electrons. The summed E-state index contributed by atoms with van der Waals surface area (Å²) in [5, 5.41) is 11.1. The predicted molar refractivity (Wildman–Crippen MR) is 72.3 cm³/mol. The van der Waals surface area contributed by atoms with E-state index in [1.807, 2.05) is 0 Å². The van der Waals surface area contributed by atoms with Crippen molar-refractivity contribution in [3.63, 3.8) is 0 Å². The second-order valence-corrected chi connectivity index (χ2v) is 5.00. The summed E-state index contributed by atoms with van der Waals surface area (Å²) in [4.78, 5) is 21.6. The van der Waals surface area contributed by atoms with Crippen LogP contribution in [0.3, 0.4) is 0 Å². The molecule has 19 heavy (non-hydrogen) atoms. The lowest BCUT2D eigenvalue weighted by molar-refractivity contribution is -0.137. The van der Waals surface area contributed by atoms with Gasteiger partial charge in [-0.3, -0.25) is 9.59 Å². The molecule has 0 bridgehead atoms. The quantitative estimate of drug-likeness (QED) is 0.806. The number of hydrogen-bond acceptors (Lipinski definition) is 2. The fourth-order valence-corrected chi connectivity index (χ4v) is 1.97. The smallest absolute Gasteiger partial charge is 0.303 e. The standard InChI is InChI=1S/C13H15BrFNO3/c14-10-4-5-11(15)9(8-10)6-7-16-12(17)2-1-3-13(18)19/h4-5,8H,1-3,6-7H2,(H,16,17)(H,18,19). The maximum absolute atomic E-state index is 13.4. The van der Waals surface area contributed by atoms with Crippen molar-refractivity contribution in [3.8, 4) is 0 Å². The zero-order valence-corrected chi connectivity index (χ0v) is 11.9. The monoisotopic (exact) mass is 331 g/mol. The van der Waals surface area contributed by atoms with Gasteiger partial charge in [0, 0.05) is 23.9 Å². The second-order valence-electron chi connectivity index (χ2n) is 4.08. The van der Waals surface area contributed by atoms with Gasteiger partial charge in [-0.25, -0.2) is 4.39 Å². The minimum atomic E-state index is -0.913. The highest BCUT2D eigenvalue weighted by Gasteiger charge is 2.05.